The number of nitrogens with one attached hydrogen (secondary N) is 3. The van der Waals surface area contributed by atoms with E-state index in [9.17, 15) is 14.4 Å². The van der Waals surface area contributed by atoms with Gasteiger partial charge in [0.15, 0.2) is 5.11 Å². The van der Waals surface area contributed by atoms with Crippen LogP contribution in [0.25, 0.3) is 0 Å². The van der Waals surface area contributed by atoms with Gasteiger partial charge in [-0.2, -0.15) is 0 Å². The van der Waals surface area contributed by atoms with Gasteiger partial charge in [0.1, 0.15) is 0 Å². The summed E-state index contributed by atoms with van der Waals surface area (Å²) in [5.41, 5.74) is 7.58. The van der Waals surface area contributed by atoms with Crippen molar-refractivity contribution in [3.8, 4) is 0 Å². The lowest BCUT2D eigenvalue weighted by Gasteiger charge is -2.17. The molecule has 0 aliphatic carbocycles. The molecule has 0 spiro atoms. The summed E-state index contributed by atoms with van der Waals surface area (Å²) in [6.45, 7) is 2.77. The Hall–Kier alpha value is -2.53. The third kappa shape index (κ3) is 5.76. The van der Waals surface area contributed by atoms with Crippen molar-refractivity contribution in [1.82, 2.24) is 21.1 Å². The maximum atomic E-state index is 12.4. The molecule has 1 fully saturated rings. The topological polar surface area (TPSA) is 90.5 Å². The van der Waals surface area contributed by atoms with Gasteiger partial charge < -0.3 is 4.90 Å². The summed E-state index contributed by atoms with van der Waals surface area (Å²) in [5.74, 6) is -1.26. The van der Waals surface area contributed by atoms with Gasteiger partial charge in [-0.1, -0.05) is 36.4 Å². The molecule has 3 amide bonds. The predicted octanol–water partition coefficient (Wildman–Crippen LogP) is 2.28. The molecule has 0 saturated carbocycles. The molecule has 2 aromatic carbocycles. The first-order valence-electron chi connectivity index (χ1n) is 9.32. The Balaban J connectivity index is 1.46. The molecule has 1 aliphatic heterocycles. The van der Waals surface area contributed by atoms with Crippen LogP contribution in [0.3, 0.4) is 0 Å². The fourth-order valence-corrected chi connectivity index (χ4v) is 3.72. The van der Waals surface area contributed by atoms with Gasteiger partial charge >= 0.3 is 0 Å². The number of hydrogen-bond acceptors (Lipinski definition) is 4. The lowest BCUT2D eigenvalue weighted by atomic mass is 10.1. The average molecular weight is 536 g/mol. The van der Waals surface area contributed by atoms with Crippen LogP contribution in [-0.4, -0.2) is 34.3 Å². The number of hydrogen-bond donors (Lipinski definition) is 3. The Morgan fingerprint density at radius 3 is 2.60 bits per heavy atom. The maximum Gasteiger partial charge on any atom is 0.257 e. The Morgan fingerprint density at radius 1 is 1.17 bits per heavy atom. The number of nitrogens with zero attached hydrogens (tertiary/aromatic N) is 1. The third-order valence-electron chi connectivity index (χ3n) is 4.76. The van der Waals surface area contributed by atoms with E-state index in [2.05, 4.69) is 38.8 Å². The van der Waals surface area contributed by atoms with Gasteiger partial charge in [-0.3, -0.25) is 30.6 Å². The van der Waals surface area contributed by atoms with E-state index in [0.29, 0.717) is 18.7 Å². The van der Waals surface area contributed by atoms with Crippen LogP contribution in [0.2, 0.25) is 0 Å². The summed E-state index contributed by atoms with van der Waals surface area (Å²) in [6.07, 6.45) is 0.140. The summed E-state index contributed by atoms with van der Waals surface area (Å²) in [7, 11) is 0. The van der Waals surface area contributed by atoms with Crippen LogP contribution in [0, 0.1) is 16.4 Å². The van der Waals surface area contributed by atoms with Crippen molar-refractivity contribution in [3.05, 3.63) is 68.8 Å². The molecule has 1 aliphatic rings. The van der Waals surface area contributed by atoms with Crippen LogP contribution in [0.1, 0.15) is 27.9 Å². The number of rotatable bonds is 4. The molecule has 0 bridgehead atoms. The lowest BCUT2D eigenvalue weighted by Crippen LogP contribution is -2.50. The quantitative estimate of drug-likeness (QED) is 0.317. The fraction of sp³-hybridized carbons (Fsp3) is 0.238. The number of carbonyl (C=O) groups excluding carboxylic acids is 3. The third-order valence-corrected chi connectivity index (χ3v) is 6.13. The van der Waals surface area contributed by atoms with Crippen molar-refractivity contribution >= 4 is 57.6 Å². The predicted molar refractivity (Wildman–Crippen MR) is 125 cm³/mol. The molecule has 156 valence electrons. The van der Waals surface area contributed by atoms with Gasteiger partial charge in [0, 0.05) is 28.6 Å². The summed E-state index contributed by atoms with van der Waals surface area (Å²) in [6, 6.07) is 15.0. The SMILES string of the molecule is Cc1ccc(C(=O)NC(=S)NNC(=O)C2CC(=O)N(Cc3ccccc3)C2)cc1I. The summed E-state index contributed by atoms with van der Waals surface area (Å²) in [4.78, 5) is 38.6. The largest absolute Gasteiger partial charge is 0.338 e. The number of carbonyl (C=O) groups is 3. The van der Waals surface area contributed by atoms with Crippen LogP contribution in [0.4, 0.5) is 0 Å². The lowest BCUT2D eigenvalue weighted by molar-refractivity contribution is -0.129. The van der Waals surface area contributed by atoms with Crippen molar-refractivity contribution in [2.24, 2.45) is 5.92 Å². The van der Waals surface area contributed by atoms with E-state index < -0.39 is 5.92 Å². The van der Waals surface area contributed by atoms with E-state index >= 15 is 0 Å². The first kappa shape index (κ1) is 22.2. The number of benzene rings is 2. The van der Waals surface area contributed by atoms with Gasteiger partial charge in [-0.05, 0) is 65.0 Å². The van der Waals surface area contributed by atoms with Crippen molar-refractivity contribution < 1.29 is 14.4 Å². The normalized spacial score (nSPS) is 15.6. The number of amides is 3. The molecule has 0 radical (unpaired) electrons. The van der Waals surface area contributed by atoms with Gasteiger partial charge in [-0.15, -0.1) is 0 Å². The molecular weight excluding hydrogens is 515 g/mol. The van der Waals surface area contributed by atoms with E-state index in [1.165, 1.54) is 0 Å². The first-order valence-corrected chi connectivity index (χ1v) is 10.8. The second kappa shape index (κ2) is 9.98. The molecule has 2 aromatic rings. The van der Waals surface area contributed by atoms with Crippen molar-refractivity contribution in [3.63, 3.8) is 0 Å². The Morgan fingerprint density at radius 2 is 1.90 bits per heavy atom. The van der Waals surface area contributed by atoms with Crippen LogP contribution < -0.4 is 16.2 Å². The van der Waals surface area contributed by atoms with Gasteiger partial charge in [-0.25, -0.2) is 0 Å². The smallest absolute Gasteiger partial charge is 0.257 e. The molecule has 1 atom stereocenters. The molecule has 1 saturated heterocycles. The zero-order valence-electron chi connectivity index (χ0n) is 16.3. The Labute approximate surface area is 193 Å². The van der Waals surface area contributed by atoms with E-state index in [1.807, 2.05) is 43.3 Å². The monoisotopic (exact) mass is 536 g/mol. The van der Waals surface area contributed by atoms with E-state index in [0.717, 1.165) is 14.7 Å². The second-order valence-corrected chi connectivity index (χ2v) is 8.59. The van der Waals surface area contributed by atoms with E-state index in [1.54, 1.807) is 17.0 Å². The highest BCUT2D eigenvalue weighted by Crippen LogP contribution is 2.20. The molecule has 7 nitrogen and oxygen atoms in total. The van der Waals surface area contributed by atoms with Gasteiger partial charge in [0.2, 0.25) is 11.8 Å². The van der Waals surface area contributed by atoms with Crippen molar-refractivity contribution in [2.75, 3.05) is 6.54 Å². The van der Waals surface area contributed by atoms with E-state index in [-0.39, 0.29) is 29.3 Å². The van der Waals surface area contributed by atoms with Crippen molar-refractivity contribution in [2.45, 2.75) is 19.9 Å². The number of thiocarbonyl (C=S) groups is 1. The number of hydrazine groups is 1. The molecule has 3 N–H and O–H groups in total. The van der Waals surface area contributed by atoms with E-state index in [4.69, 9.17) is 12.2 Å². The minimum atomic E-state index is -0.481. The van der Waals surface area contributed by atoms with Gasteiger partial charge in [0.05, 0.1) is 5.92 Å². The number of likely N-dealkylation sites (tertiary alicyclic amines) is 1. The highest BCUT2D eigenvalue weighted by molar-refractivity contribution is 14.1. The Bertz CT molecular complexity index is 983. The molecule has 30 heavy (non-hydrogen) atoms. The fourth-order valence-electron chi connectivity index (χ4n) is 3.07. The molecule has 9 heteroatoms. The summed E-state index contributed by atoms with van der Waals surface area (Å²) in [5, 5.41) is 2.51. The number of halogens is 1. The Kier molecular flexibility index (Phi) is 7.38. The van der Waals surface area contributed by atoms with Crippen LogP contribution in [0.5, 0.6) is 0 Å². The van der Waals surface area contributed by atoms with Gasteiger partial charge in [0.25, 0.3) is 5.91 Å². The van der Waals surface area contributed by atoms with Crippen LogP contribution >= 0.6 is 34.8 Å². The maximum absolute atomic E-state index is 12.4. The summed E-state index contributed by atoms with van der Waals surface area (Å²) >= 11 is 7.23. The molecule has 0 aromatic heterocycles. The second-order valence-electron chi connectivity index (χ2n) is 7.02. The molecule has 1 unspecified atom stereocenters. The average Bonchev–Trinajstić information content (AvgIpc) is 3.09. The first-order chi connectivity index (χ1) is 14.3. The standard InChI is InChI=1S/C21H21IN4O3S/c1-13-7-8-15(9-17(13)22)19(28)23-21(30)25-24-20(29)16-10-18(27)26(12-16)11-14-5-3-2-4-6-14/h2-9,16H,10-12H2,1H3,(H,24,29)(H2,23,25,28,30). The molecular formula is C21H21IN4O3S. The zero-order chi connectivity index (χ0) is 21.7. The molecule has 3 rings (SSSR count). The minimum Gasteiger partial charge on any atom is -0.338 e. The summed E-state index contributed by atoms with van der Waals surface area (Å²) < 4.78 is 0.971. The molecule has 1 heterocycles. The van der Waals surface area contributed by atoms with Crippen LogP contribution in [0.15, 0.2) is 48.5 Å². The highest BCUT2D eigenvalue weighted by atomic mass is 127. The van der Waals surface area contributed by atoms with Crippen molar-refractivity contribution in [1.29, 1.82) is 0 Å². The minimum absolute atomic E-state index is 0.0191. The van der Waals surface area contributed by atoms with Crippen LogP contribution in [-0.2, 0) is 16.1 Å². The highest BCUT2D eigenvalue weighted by Gasteiger charge is 2.34. The zero-order valence-corrected chi connectivity index (χ0v) is 19.2. The number of aryl methyl sites for hydroxylation is 1.